The van der Waals surface area contributed by atoms with E-state index in [9.17, 15) is 43.9 Å². The molecular weight excluding hydrogens is 461 g/mol. The highest BCUT2D eigenvalue weighted by Crippen LogP contribution is 2.49. The summed E-state index contributed by atoms with van der Waals surface area (Å²) in [7, 11) is -4.02. The first kappa shape index (κ1) is 23.0. The fraction of sp³-hybridized carbons (Fsp3) is 0.375. The molecule has 2 heterocycles. The maximum Gasteiger partial charge on any atom is 0.407 e. The minimum absolute atomic E-state index is 0.536. The van der Waals surface area contributed by atoms with E-state index < -0.39 is 80.5 Å². The zero-order valence-electron chi connectivity index (χ0n) is 15.4. The minimum Gasteiger partial charge on any atom is -0.343 e. The highest BCUT2D eigenvalue weighted by molar-refractivity contribution is 7.89. The Balaban J connectivity index is 1.92. The van der Waals surface area contributed by atoms with E-state index in [2.05, 4.69) is 4.98 Å². The van der Waals surface area contributed by atoms with Crippen LogP contribution >= 0.6 is 0 Å². The van der Waals surface area contributed by atoms with Crippen LogP contribution in [0.15, 0.2) is 23.4 Å². The molecule has 1 saturated carbocycles. The molecule has 1 aliphatic rings. The van der Waals surface area contributed by atoms with E-state index in [1.165, 1.54) is 4.72 Å². The first-order valence-electron chi connectivity index (χ1n) is 8.39. The monoisotopic (exact) mass is 474 g/mol. The number of rotatable bonds is 6. The molecule has 0 saturated heterocycles. The molecule has 0 aromatic carbocycles. The number of pyridine rings is 1. The number of aryl methyl sites for hydroxylation is 1. The summed E-state index contributed by atoms with van der Waals surface area (Å²) in [5.74, 6) is -4.71. The van der Waals surface area contributed by atoms with Crippen molar-refractivity contribution in [3.8, 4) is 0 Å². The van der Waals surface area contributed by atoms with Crippen molar-refractivity contribution in [1.82, 2.24) is 14.3 Å². The molecule has 2 aromatic heterocycles. The van der Waals surface area contributed by atoms with E-state index in [4.69, 9.17) is 0 Å². The SMILES string of the molecule is Cn1cc(S(=O)(=O)NC2(C(F)(F)F)CC2)c(F)c1C(=O)Nc1ccnc(C(F)F)c1F. The van der Waals surface area contributed by atoms with Crippen LogP contribution in [-0.2, 0) is 17.1 Å². The van der Waals surface area contributed by atoms with Crippen molar-refractivity contribution in [1.29, 1.82) is 0 Å². The Labute approximate surface area is 170 Å². The molecular formula is C16H13F7N4O3S. The van der Waals surface area contributed by atoms with E-state index >= 15 is 0 Å². The van der Waals surface area contributed by atoms with Crippen LogP contribution in [0.25, 0.3) is 0 Å². The molecule has 0 unspecified atom stereocenters. The van der Waals surface area contributed by atoms with Gasteiger partial charge in [0.05, 0.1) is 5.69 Å². The summed E-state index contributed by atoms with van der Waals surface area (Å²) in [5, 5.41) is 1.81. The van der Waals surface area contributed by atoms with Gasteiger partial charge < -0.3 is 9.88 Å². The molecule has 1 fully saturated rings. The summed E-state index contributed by atoms with van der Waals surface area (Å²) in [5.41, 5.74) is -5.76. The number of carbonyl (C=O) groups excluding carboxylic acids is 1. The van der Waals surface area contributed by atoms with Crippen molar-refractivity contribution in [2.24, 2.45) is 7.05 Å². The summed E-state index contributed by atoms with van der Waals surface area (Å²) in [4.78, 5) is 14.2. The Morgan fingerprint density at radius 1 is 1.23 bits per heavy atom. The second kappa shape index (κ2) is 7.47. The molecule has 0 radical (unpaired) electrons. The summed E-state index contributed by atoms with van der Waals surface area (Å²) in [6, 6.07) is 0.805. The van der Waals surface area contributed by atoms with Gasteiger partial charge in [-0.05, 0) is 18.9 Å². The third-order valence-corrected chi connectivity index (χ3v) is 6.11. The largest absolute Gasteiger partial charge is 0.407 e. The zero-order valence-corrected chi connectivity index (χ0v) is 16.2. The molecule has 31 heavy (non-hydrogen) atoms. The number of nitrogens with zero attached hydrogens (tertiary/aromatic N) is 2. The normalized spacial score (nSPS) is 15.9. The Morgan fingerprint density at radius 2 is 1.84 bits per heavy atom. The molecule has 0 bridgehead atoms. The molecule has 0 aliphatic heterocycles. The minimum atomic E-state index is -5.03. The lowest BCUT2D eigenvalue weighted by Gasteiger charge is -2.20. The van der Waals surface area contributed by atoms with Gasteiger partial charge in [-0.15, -0.1) is 0 Å². The molecule has 1 amide bonds. The van der Waals surface area contributed by atoms with Gasteiger partial charge in [0.25, 0.3) is 12.3 Å². The van der Waals surface area contributed by atoms with Crippen molar-refractivity contribution in [3.63, 3.8) is 0 Å². The van der Waals surface area contributed by atoms with Gasteiger partial charge >= 0.3 is 6.18 Å². The maximum atomic E-state index is 14.7. The molecule has 7 nitrogen and oxygen atoms in total. The Kier molecular flexibility index (Phi) is 5.54. The predicted molar refractivity (Wildman–Crippen MR) is 90.8 cm³/mol. The molecule has 170 valence electrons. The predicted octanol–water partition coefficient (Wildman–Crippen LogP) is 3.26. The number of anilines is 1. The quantitative estimate of drug-likeness (QED) is 0.629. The maximum absolute atomic E-state index is 14.7. The van der Waals surface area contributed by atoms with E-state index in [-0.39, 0.29) is 0 Å². The second-order valence-electron chi connectivity index (χ2n) is 6.76. The summed E-state index contributed by atoms with van der Waals surface area (Å²) < 4.78 is 120. The number of nitrogens with one attached hydrogen (secondary N) is 2. The number of amides is 1. The Bertz CT molecular complexity index is 1140. The fourth-order valence-electron chi connectivity index (χ4n) is 2.79. The van der Waals surface area contributed by atoms with Gasteiger partial charge in [-0.2, -0.15) is 17.9 Å². The van der Waals surface area contributed by atoms with Crippen LogP contribution < -0.4 is 10.0 Å². The third-order valence-electron chi connectivity index (χ3n) is 4.59. The van der Waals surface area contributed by atoms with Crippen molar-refractivity contribution >= 4 is 21.6 Å². The van der Waals surface area contributed by atoms with E-state index in [0.717, 1.165) is 19.3 Å². The number of carbonyl (C=O) groups is 1. The lowest BCUT2D eigenvalue weighted by Crippen LogP contribution is -2.47. The number of alkyl halides is 5. The van der Waals surface area contributed by atoms with Crippen LogP contribution in [-0.4, -0.2) is 35.6 Å². The van der Waals surface area contributed by atoms with Gasteiger partial charge in [0.2, 0.25) is 10.0 Å². The first-order valence-corrected chi connectivity index (χ1v) is 9.88. The lowest BCUT2D eigenvalue weighted by atomic mass is 10.3. The average Bonchev–Trinajstić information content (AvgIpc) is 3.34. The molecule has 3 rings (SSSR count). The highest BCUT2D eigenvalue weighted by atomic mass is 32.2. The van der Waals surface area contributed by atoms with Crippen LogP contribution in [0.1, 0.15) is 35.4 Å². The molecule has 15 heteroatoms. The lowest BCUT2D eigenvalue weighted by molar-refractivity contribution is -0.160. The number of sulfonamides is 1. The van der Waals surface area contributed by atoms with Gasteiger partial charge in [-0.25, -0.2) is 26.0 Å². The first-order chi connectivity index (χ1) is 14.2. The van der Waals surface area contributed by atoms with Gasteiger partial charge in [0, 0.05) is 19.4 Å². The van der Waals surface area contributed by atoms with E-state index in [0.29, 0.717) is 10.8 Å². The van der Waals surface area contributed by atoms with Gasteiger partial charge in [-0.3, -0.25) is 9.78 Å². The van der Waals surface area contributed by atoms with Gasteiger partial charge in [0.1, 0.15) is 21.8 Å². The average molecular weight is 474 g/mol. The van der Waals surface area contributed by atoms with Crippen LogP contribution in [0.5, 0.6) is 0 Å². The van der Waals surface area contributed by atoms with Gasteiger partial charge in [0.15, 0.2) is 11.6 Å². The number of hydrogen-bond donors (Lipinski definition) is 2. The summed E-state index contributed by atoms with van der Waals surface area (Å²) >= 11 is 0. The van der Waals surface area contributed by atoms with Gasteiger partial charge in [-0.1, -0.05) is 0 Å². The van der Waals surface area contributed by atoms with E-state index in [1.54, 1.807) is 0 Å². The van der Waals surface area contributed by atoms with Crippen molar-refractivity contribution < 1.29 is 43.9 Å². The Morgan fingerprint density at radius 3 is 2.35 bits per heavy atom. The molecule has 0 atom stereocenters. The van der Waals surface area contributed by atoms with Crippen LogP contribution in [0.2, 0.25) is 0 Å². The van der Waals surface area contributed by atoms with Crippen molar-refractivity contribution in [3.05, 3.63) is 41.5 Å². The van der Waals surface area contributed by atoms with Crippen molar-refractivity contribution in [2.75, 3.05) is 5.32 Å². The molecule has 0 spiro atoms. The van der Waals surface area contributed by atoms with Crippen molar-refractivity contribution in [2.45, 2.75) is 35.9 Å². The summed E-state index contributed by atoms with van der Waals surface area (Å²) in [6.45, 7) is 0. The second-order valence-corrected chi connectivity index (χ2v) is 8.42. The standard InChI is InChI=1S/C16H13F7N4O3S/c1-27-6-8(31(29,30)26-15(3-4-15)16(21,22)23)10(18)12(27)14(28)25-7-2-5-24-11(9(7)17)13(19)20/h2,5-6,13,26H,3-4H2,1H3,(H,24,25,28). The summed E-state index contributed by atoms with van der Waals surface area (Å²) in [6.07, 6.45) is -7.97. The smallest absolute Gasteiger partial charge is 0.343 e. The third kappa shape index (κ3) is 4.11. The fourth-order valence-corrected chi connectivity index (χ4v) is 4.36. The van der Waals surface area contributed by atoms with Crippen LogP contribution in [0.3, 0.4) is 0 Å². The molecule has 2 N–H and O–H groups in total. The molecule has 2 aromatic rings. The van der Waals surface area contributed by atoms with Crippen LogP contribution in [0.4, 0.5) is 36.4 Å². The highest BCUT2D eigenvalue weighted by Gasteiger charge is 2.65. The zero-order chi connectivity index (χ0) is 23.4. The molecule has 1 aliphatic carbocycles. The van der Waals surface area contributed by atoms with Crippen LogP contribution in [0, 0.1) is 11.6 Å². The Hall–Kier alpha value is -2.68. The number of halogens is 7. The number of hydrogen-bond acceptors (Lipinski definition) is 4. The number of aromatic nitrogens is 2. The topological polar surface area (TPSA) is 93.1 Å². The van der Waals surface area contributed by atoms with E-state index in [1.807, 2.05) is 5.32 Å².